The zero-order valence-corrected chi connectivity index (χ0v) is 15.4. The Hall–Kier alpha value is -3.15. The van der Waals surface area contributed by atoms with Crippen molar-refractivity contribution < 1.29 is 9.53 Å². The van der Waals surface area contributed by atoms with Crippen molar-refractivity contribution in [3.8, 4) is 5.75 Å². The second-order valence-electron chi connectivity index (χ2n) is 6.65. The first-order chi connectivity index (χ1) is 13.1. The average molecular weight is 363 g/mol. The summed E-state index contributed by atoms with van der Waals surface area (Å²) in [5.74, 6) is 0.657. The molecule has 0 radical (unpaired) electrons. The third-order valence-electron chi connectivity index (χ3n) is 4.95. The van der Waals surface area contributed by atoms with E-state index in [2.05, 4.69) is 10.3 Å². The normalized spacial score (nSPS) is 15.9. The molecule has 3 aromatic rings. The van der Waals surface area contributed by atoms with Gasteiger partial charge in [-0.1, -0.05) is 18.2 Å². The summed E-state index contributed by atoms with van der Waals surface area (Å²) in [6, 6.07) is 13.0. The van der Waals surface area contributed by atoms with Gasteiger partial charge in [0.05, 0.1) is 23.7 Å². The van der Waals surface area contributed by atoms with Crippen molar-refractivity contribution in [2.24, 2.45) is 0 Å². The van der Waals surface area contributed by atoms with Crippen molar-refractivity contribution in [1.82, 2.24) is 14.9 Å². The standard InChI is InChI=1S/C21H21N3O3/c1-3-24-18-9-8-14(12-17(18)22-13(2)21(24)26)20(25)23-16-10-11-27-19-7-5-4-6-15(16)19/h4-9,12,16H,3,10-11H2,1-2H3,(H,23,25)/t16-/m1/s1. The molecule has 0 bridgehead atoms. The van der Waals surface area contributed by atoms with Crippen LogP contribution in [0, 0.1) is 6.92 Å². The van der Waals surface area contributed by atoms with Crippen LogP contribution < -0.4 is 15.6 Å². The molecule has 27 heavy (non-hydrogen) atoms. The number of aromatic nitrogens is 2. The lowest BCUT2D eigenvalue weighted by Crippen LogP contribution is -2.32. The Morgan fingerprint density at radius 1 is 1.30 bits per heavy atom. The lowest BCUT2D eigenvalue weighted by atomic mass is 10.00. The van der Waals surface area contributed by atoms with Crippen LogP contribution in [0.1, 0.15) is 41.0 Å². The van der Waals surface area contributed by atoms with Gasteiger partial charge in [-0.05, 0) is 38.1 Å². The summed E-state index contributed by atoms with van der Waals surface area (Å²) in [6.07, 6.45) is 0.725. The van der Waals surface area contributed by atoms with Crippen LogP contribution in [0.4, 0.5) is 0 Å². The number of amides is 1. The number of carbonyl (C=O) groups is 1. The summed E-state index contributed by atoms with van der Waals surface area (Å²) in [7, 11) is 0. The minimum atomic E-state index is -0.160. The molecule has 138 valence electrons. The fourth-order valence-corrected chi connectivity index (χ4v) is 3.56. The molecular formula is C21H21N3O3. The van der Waals surface area contributed by atoms with Gasteiger partial charge < -0.3 is 14.6 Å². The number of nitrogens with zero attached hydrogens (tertiary/aromatic N) is 2. The Morgan fingerprint density at radius 2 is 2.11 bits per heavy atom. The molecular weight excluding hydrogens is 342 g/mol. The number of nitrogens with one attached hydrogen (secondary N) is 1. The molecule has 1 atom stereocenters. The molecule has 6 heteroatoms. The van der Waals surface area contributed by atoms with Crippen LogP contribution >= 0.6 is 0 Å². The Morgan fingerprint density at radius 3 is 2.93 bits per heavy atom. The van der Waals surface area contributed by atoms with E-state index in [4.69, 9.17) is 4.74 Å². The molecule has 0 spiro atoms. The molecule has 1 aromatic heterocycles. The van der Waals surface area contributed by atoms with Crippen molar-refractivity contribution in [2.75, 3.05) is 6.61 Å². The molecule has 1 N–H and O–H groups in total. The molecule has 0 fully saturated rings. The molecule has 0 unspecified atom stereocenters. The van der Waals surface area contributed by atoms with Crippen molar-refractivity contribution in [3.05, 3.63) is 69.6 Å². The van der Waals surface area contributed by atoms with Gasteiger partial charge in [0.2, 0.25) is 0 Å². The summed E-state index contributed by atoms with van der Waals surface area (Å²) in [6.45, 7) is 4.75. The molecule has 0 saturated heterocycles. The fourth-order valence-electron chi connectivity index (χ4n) is 3.56. The summed E-state index contributed by atoms with van der Waals surface area (Å²) in [4.78, 5) is 29.4. The first-order valence-corrected chi connectivity index (χ1v) is 9.12. The van der Waals surface area contributed by atoms with E-state index >= 15 is 0 Å². The lowest BCUT2D eigenvalue weighted by molar-refractivity contribution is 0.0925. The van der Waals surface area contributed by atoms with E-state index in [9.17, 15) is 9.59 Å². The highest BCUT2D eigenvalue weighted by Crippen LogP contribution is 2.31. The number of carbonyl (C=O) groups excluding carboxylic acids is 1. The summed E-state index contributed by atoms with van der Waals surface area (Å²) >= 11 is 0. The van der Waals surface area contributed by atoms with Gasteiger partial charge in [0, 0.05) is 24.1 Å². The molecule has 1 aliphatic rings. The van der Waals surface area contributed by atoms with Gasteiger partial charge in [-0.3, -0.25) is 9.59 Å². The largest absolute Gasteiger partial charge is 0.493 e. The van der Waals surface area contributed by atoms with Gasteiger partial charge in [0.1, 0.15) is 11.4 Å². The highest BCUT2D eigenvalue weighted by Gasteiger charge is 2.23. The molecule has 2 aromatic carbocycles. The second-order valence-corrected chi connectivity index (χ2v) is 6.65. The second kappa shape index (κ2) is 6.87. The van der Waals surface area contributed by atoms with E-state index in [0.29, 0.717) is 29.9 Å². The van der Waals surface area contributed by atoms with E-state index in [1.807, 2.05) is 31.2 Å². The smallest absolute Gasteiger partial charge is 0.272 e. The van der Waals surface area contributed by atoms with Gasteiger partial charge in [-0.15, -0.1) is 0 Å². The maximum Gasteiger partial charge on any atom is 0.272 e. The van der Waals surface area contributed by atoms with Crippen LogP contribution in [-0.2, 0) is 6.54 Å². The lowest BCUT2D eigenvalue weighted by Gasteiger charge is -2.26. The first kappa shape index (κ1) is 17.3. The zero-order valence-electron chi connectivity index (χ0n) is 15.4. The Balaban J connectivity index is 1.66. The van der Waals surface area contributed by atoms with Crippen LogP contribution in [0.3, 0.4) is 0 Å². The predicted molar refractivity (Wildman–Crippen MR) is 103 cm³/mol. The van der Waals surface area contributed by atoms with Gasteiger partial charge in [-0.25, -0.2) is 4.98 Å². The Bertz CT molecular complexity index is 1090. The van der Waals surface area contributed by atoms with Crippen molar-refractivity contribution in [2.45, 2.75) is 32.9 Å². The monoisotopic (exact) mass is 363 g/mol. The number of para-hydroxylation sites is 1. The van der Waals surface area contributed by atoms with Crippen molar-refractivity contribution >= 4 is 16.9 Å². The third kappa shape index (κ3) is 3.07. The maximum absolute atomic E-state index is 12.8. The quantitative estimate of drug-likeness (QED) is 0.776. The van der Waals surface area contributed by atoms with Crippen LogP contribution in [0.25, 0.3) is 11.0 Å². The average Bonchev–Trinajstić information content (AvgIpc) is 2.69. The fraction of sp³-hybridized carbons (Fsp3) is 0.286. The first-order valence-electron chi connectivity index (χ1n) is 9.12. The Kier molecular flexibility index (Phi) is 4.39. The highest BCUT2D eigenvalue weighted by molar-refractivity contribution is 5.97. The van der Waals surface area contributed by atoms with Gasteiger partial charge >= 0.3 is 0 Å². The number of aryl methyl sites for hydroxylation is 2. The topological polar surface area (TPSA) is 73.2 Å². The molecule has 6 nitrogen and oxygen atoms in total. The number of hydrogen-bond acceptors (Lipinski definition) is 4. The van der Waals surface area contributed by atoms with Gasteiger partial charge in [0.15, 0.2) is 0 Å². The molecule has 1 amide bonds. The maximum atomic E-state index is 12.8. The number of hydrogen-bond donors (Lipinski definition) is 1. The van der Waals surface area contributed by atoms with Gasteiger partial charge in [-0.2, -0.15) is 0 Å². The van der Waals surface area contributed by atoms with Crippen LogP contribution in [0.15, 0.2) is 47.3 Å². The Labute approximate surface area is 156 Å². The molecule has 1 aliphatic heterocycles. The van der Waals surface area contributed by atoms with Crippen molar-refractivity contribution in [1.29, 1.82) is 0 Å². The van der Waals surface area contributed by atoms with E-state index in [1.165, 1.54) is 0 Å². The third-order valence-corrected chi connectivity index (χ3v) is 4.95. The van der Waals surface area contributed by atoms with E-state index < -0.39 is 0 Å². The van der Waals surface area contributed by atoms with Crippen LogP contribution in [-0.4, -0.2) is 22.1 Å². The highest BCUT2D eigenvalue weighted by atomic mass is 16.5. The molecule has 2 heterocycles. The summed E-state index contributed by atoms with van der Waals surface area (Å²) in [5.41, 5.74) is 3.24. The van der Waals surface area contributed by atoms with E-state index in [-0.39, 0.29) is 17.5 Å². The van der Waals surface area contributed by atoms with E-state index in [1.54, 1.807) is 29.7 Å². The van der Waals surface area contributed by atoms with E-state index in [0.717, 1.165) is 23.3 Å². The molecule has 0 aliphatic carbocycles. The molecule has 4 rings (SSSR count). The SMILES string of the molecule is CCn1c(=O)c(C)nc2cc(C(=O)N[C@@H]3CCOc4ccccc43)ccc21. The molecule has 0 saturated carbocycles. The zero-order chi connectivity index (χ0) is 19.0. The number of benzene rings is 2. The summed E-state index contributed by atoms with van der Waals surface area (Å²) in [5, 5.41) is 3.10. The van der Waals surface area contributed by atoms with Crippen molar-refractivity contribution in [3.63, 3.8) is 0 Å². The van der Waals surface area contributed by atoms with Crippen LogP contribution in [0.5, 0.6) is 5.75 Å². The predicted octanol–water partition coefficient (Wildman–Crippen LogP) is 2.98. The minimum Gasteiger partial charge on any atom is -0.493 e. The summed E-state index contributed by atoms with van der Waals surface area (Å²) < 4.78 is 7.33. The number of ether oxygens (including phenoxy) is 1. The van der Waals surface area contributed by atoms with Gasteiger partial charge in [0.25, 0.3) is 11.5 Å². The minimum absolute atomic E-state index is 0.0857. The van der Waals surface area contributed by atoms with Crippen LogP contribution in [0.2, 0.25) is 0 Å². The number of rotatable bonds is 3. The number of fused-ring (bicyclic) bond motifs is 2.